The quantitative estimate of drug-likeness (QED) is 0.282. The molecule has 0 atom stereocenters. The van der Waals surface area contributed by atoms with Gasteiger partial charge in [-0.05, 0) is 70.4 Å². The van der Waals surface area contributed by atoms with Crippen molar-refractivity contribution in [1.29, 1.82) is 0 Å². The van der Waals surface area contributed by atoms with Gasteiger partial charge in [0.2, 0.25) is 0 Å². The van der Waals surface area contributed by atoms with Crippen LogP contribution in [-0.4, -0.2) is 19.2 Å². The molecule has 0 saturated carbocycles. The van der Waals surface area contributed by atoms with Crippen LogP contribution in [0, 0.1) is 0 Å². The molecule has 0 saturated heterocycles. The molecule has 4 aromatic carbocycles. The highest BCUT2D eigenvalue weighted by atomic mass is 16.5. The highest BCUT2D eigenvalue weighted by Crippen LogP contribution is 2.32. The van der Waals surface area contributed by atoms with Gasteiger partial charge in [0.25, 0.3) is 0 Å². The van der Waals surface area contributed by atoms with Gasteiger partial charge in [0.05, 0.1) is 25.4 Å². The molecule has 0 aliphatic rings. The fourth-order valence-electron chi connectivity index (χ4n) is 3.98. The van der Waals surface area contributed by atoms with Gasteiger partial charge in [-0.15, -0.1) is 0 Å². The van der Waals surface area contributed by atoms with Gasteiger partial charge < -0.3 is 9.47 Å². The average Bonchev–Trinajstić information content (AvgIpc) is 2.87. The minimum atomic E-state index is 0.833. The second kappa shape index (κ2) is 8.56. The topological polar surface area (TPSA) is 31.4 Å². The molecule has 156 valence electrons. The van der Waals surface area contributed by atoms with E-state index in [0.29, 0.717) is 0 Å². The van der Waals surface area contributed by atoms with Gasteiger partial charge in [0, 0.05) is 10.9 Å². The Hall–Kier alpha value is -4.11. The van der Waals surface area contributed by atoms with E-state index < -0.39 is 0 Å². The highest BCUT2D eigenvalue weighted by Gasteiger charge is 2.10. The van der Waals surface area contributed by atoms with Crippen LogP contribution in [0.3, 0.4) is 0 Å². The fraction of sp³-hybridized carbons (Fsp3) is 0.0690. The number of nitrogens with zero attached hydrogens (tertiary/aromatic N) is 1. The molecule has 3 heteroatoms. The number of pyridine rings is 1. The van der Waals surface area contributed by atoms with Crippen LogP contribution >= 0.6 is 0 Å². The minimum absolute atomic E-state index is 0.833. The maximum absolute atomic E-state index is 5.31. The summed E-state index contributed by atoms with van der Waals surface area (Å²) in [6.07, 6.45) is 4.30. The molecular weight excluding hydrogens is 394 g/mol. The van der Waals surface area contributed by atoms with Crippen LogP contribution in [0.1, 0.15) is 11.1 Å². The number of hydrogen-bond acceptors (Lipinski definition) is 3. The Morgan fingerprint density at radius 1 is 0.688 bits per heavy atom. The summed E-state index contributed by atoms with van der Waals surface area (Å²) < 4.78 is 10.6. The summed E-state index contributed by atoms with van der Waals surface area (Å²) in [6.45, 7) is 0. The summed E-state index contributed by atoms with van der Waals surface area (Å²) in [4.78, 5) is 5.00. The lowest BCUT2D eigenvalue weighted by Crippen LogP contribution is -1.91. The Balaban J connectivity index is 1.69. The summed E-state index contributed by atoms with van der Waals surface area (Å²) in [5.41, 5.74) is 5.21. The summed E-state index contributed by atoms with van der Waals surface area (Å²) in [5, 5.41) is 3.57. The predicted molar refractivity (Wildman–Crippen MR) is 133 cm³/mol. The van der Waals surface area contributed by atoms with Crippen LogP contribution in [-0.2, 0) is 0 Å². The van der Waals surface area contributed by atoms with Crippen molar-refractivity contribution in [2.45, 2.75) is 0 Å². The molecule has 1 aromatic heterocycles. The predicted octanol–water partition coefficient (Wildman–Crippen LogP) is 7.24. The summed E-state index contributed by atoms with van der Waals surface area (Å²) in [5.74, 6) is 1.68. The van der Waals surface area contributed by atoms with Crippen LogP contribution in [0.5, 0.6) is 11.5 Å². The van der Waals surface area contributed by atoms with Crippen molar-refractivity contribution in [1.82, 2.24) is 4.98 Å². The first kappa shape index (κ1) is 19.8. The molecule has 1 heterocycles. The smallest absolute Gasteiger partial charge is 0.118 e. The number of aromatic nitrogens is 1. The van der Waals surface area contributed by atoms with Crippen molar-refractivity contribution in [3.8, 4) is 22.8 Å². The second-order valence-electron chi connectivity index (χ2n) is 7.61. The van der Waals surface area contributed by atoms with Crippen LogP contribution in [0.15, 0.2) is 91.0 Å². The first-order valence-corrected chi connectivity index (χ1v) is 10.5. The van der Waals surface area contributed by atoms with Gasteiger partial charge >= 0.3 is 0 Å². The Morgan fingerprint density at radius 3 is 2.09 bits per heavy atom. The van der Waals surface area contributed by atoms with Crippen LogP contribution < -0.4 is 9.47 Å². The minimum Gasteiger partial charge on any atom is -0.497 e. The first-order chi connectivity index (χ1) is 15.7. The number of fused-ring (bicyclic) bond motifs is 3. The third-order valence-corrected chi connectivity index (χ3v) is 5.69. The maximum Gasteiger partial charge on any atom is 0.118 e. The third kappa shape index (κ3) is 3.81. The molecule has 0 unspecified atom stereocenters. The fourth-order valence-corrected chi connectivity index (χ4v) is 3.98. The van der Waals surface area contributed by atoms with Crippen molar-refractivity contribution < 1.29 is 9.47 Å². The molecular formula is C29H23NO2. The highest BCUT2D eigenvalue weighted by molar-refractivity contribution is 6.11. The Kier molecular flexibility index (Phi) is 5.30. The number of hydrogen-bond donors (Lipinski definition) is 0. The van der Waals surface area contributed by atoms with Crippen molar-refractivity contribution in [2.75, 3.05) is 14.2 Å². The molecule has 5 rings (SSSR count). The van der Waals surface area contributed by atoms with Gasteiger partial charge in [-0.1, -0.05) is 54.6 Å². The largest absolute Gasteiger partial charge is 0.497 e. The van der Waals surface area contributed by atoms with E-state index in [9.17, 15) is 0 Å². The molecule has 0 aliphatic carbocycles. The zero-order valence-electron chi connectivity index (χ0n) is 18.1. The zero-order chi connectivity index (χ0) is 21.9. The van der Waals surface area contributed by atoms with Gasteiger partial charge in [0.1, 0.15) is 11.5 Å². The van der Waals surface area contributed by atoms with E-state index in [-0.39, 0.29) is 0 Å². The van der Waals surface area contributed by atoms with Gasteiger partial charge in [-0.3, -0.25) is 0 Å². The van der Waals surface area contributed by atoms with E-state index in [1.54, 1.807) is 14.2 Å². The number of benzene rings is 4. The van der Waals surface area contributed by atoms with Crippen molar-refractivity contribution in [3.05, 3.63) is 102 Å². The summed E-state index contributed by atoms with van der Waals surface area (Å²) in [6, 6.07) is 31.0. The molecule has 0 aliphatic heterocycles. The maximum atomic E-state index is 5.31. The van der Waals surface area contributed by atoms with E-state index >= 15 is 0 Å². The number of rotatable bonds is 5. The molecule has 0 amide bonds. The number of methoxy groups -OCH3 is 2. The Labute approximate surface area is 187 Å². The Morgan fingerprint density at radius 2 is 1.38 bits per heavy atom. The average molecular weight is 418 g/mol. The molecule has 0 N–H and O–H groups in total. The summed E-state index contributed by atoms with van der Waals surface area (Å²) >= 11 is 0. The van der Waals surface area contributed by atoms with Crippen molar-refractivity contribution in [2.24, 2.45) is 0 Å². The normalized spacial score (nSPS) is 11.3. The van der Waals surface area contributed by atoms with E-state index in [0.717, 1.165) is 44.8 Å². The van der Waals surface area contributed by atoms with E-state index in [4.69, 9.17) is 14.5 Å². The lowest BCUT2D eigenvalue weighted by molar-refractivity contribution is 0.414. The lowest BCUT2D eigenvalue weighted by atomic mass is 9.98. The monoisotopic (exact) mass is 417 g/mol. The standard InChI is InChI=1S/C29H23NO2/c1-31-24-14-8-20(9-15-24)7-10-23-19-28(22-11-16-25(32-2)17-12-22)30-27-18-13-21-5-3-4-6-26(21)29(23)27/h3-19H,1-2H3/b10-7+. The van der Waals surface area contributed by atoms with Crippen molar-refractivity contribution >= 4 is 33.8 Å². The third-order valence-electron chi connectivity index (χ3n) is 5.69. The van der Waals surface area contributed by atoms with Gasteiger partial charge in [0.15, 0.2) is 0 Å². The second-order valence-corrected chi connectivity index (χ2v) is 7.61. The molecule has 0 bridgehead atoms. The summed E-state index contributed by atoms with van der Waals surface area (Å²) in [7, 11) is 3.36. The van der Waals surface area contributed by atoms with E-state index in [2.05, 4.69) is 66.7 Å². The van der Waals surface area contributed by atoms with E-state index in [1.807, 2.05) is 36.4 Å². The first-order valence-electron chi connectivity index (χ1n) is 10.5. The van der Waals surface area contributed by atoms with Crippen molar-refractivity contribution in [3.63, 3.8) is 0 Å². The molecule has 32 heavy (non-hydrogen) atoms. The van der Waals surface area contributed by atoms with E-state index in [1.165, 1.54) is 10.8 Å². The SMILES string of the molecule is COc1ccc(/C=C/c2cc(-c3ccc(OC)cc3)nc3ccc4ccccc4c23)cc1. The van der Waals surface area contributed by atoms with Crippen LogP contribution in [0.25, 0.3) is 45.1 Å². The lowest BCUT2D eigenvalue weighted by Gasteiger charge is -2.11. The van der Waals surface area contributed by atoms with Gasteiger partial charge in [-0.2, -0.15) is 0 Å². The molecule has 0 radical (unpaired) electrons. The van der Waals surface area contributed by atoms with Gasteiger partial charge in [-0.25, -0.2) is 4.98 Å². The van der Waals surface area contributed by atoms with Crippen LogP contribution in [0.4, 0.5) is 0 Å². The Bertz CT molecular complexity index is 1420. The van der Waals surface area contributed by atoms with Crippen LogP contribution in [0.2, 0.25) is 0 Å². The molecule has 5 aromatic rings. The molecule has 0 spiro atoms. The molecule has 0 fully saturated rings. The zero-order valence-corrected chi connectivity index (χ0v) is 18.1. The molecule has 3 nitrogen and oxygen atoms in total. The number of ether oxygens (including phenoxy) is 2.